The Labute approximate surface area is 181 Å². The molecule has 1 N–H and O–H groups in total. The number of rotatable bonds is 8. The third-order valence-corrected chi connectivity index (χ3v) is 6.07. The minimum Gasteiger partial charge on any atom is -0.393 e. The third kappa shape index (κ3) is 5.68. The van der Waals surface area contributed by atoms with E-state index in [1.807, 2.05) is 37.3 Å². The second kappa shape index (κ2) is 9.72. The van der Waals surface area contributed by atoms with Crippen LogP contribution in [0, 0.1) is 5.41 Å². The molecule has 3 heteroatoms. The first kappa shape index (κ1) is 24.0. The van der Waals surface area contributed by atoms with Gasteiger partial charge in [-0.3, -0.25) is 4.79 Å². The fourth-order valence-corrected chi connectivity index (χ4v) is 4.45. The van der Waals surface area contributed by atoms with Crippen molar-refractivity contribution in [1.29, 1.82) is 0 Å². The number of aliphatic hydroxyl groups is 1. The van der Waals surface area contributed by atoms with Gasteiger partial charge in [-0.05, 0) is 46.3 Å². The molecule has 1 saturated carbocycles. The van der Waals surface area contributed by atoms with Gasteiger partial charge in [0.15, 0.2) is 0 Å². The second-order valence-electron chi connectivity index (χ2n) is 9.32. The highest BCUT2D eigenvalue weighted by molar-refractivity contribution is 5.65. The Morgan fingerprint density at radius 3 is 1.93 bits per heavy atom. The van der Waals surface area contributed by atoms with Crippen molar-refractivity contribution in [3.63, 3.8) is 0 Å². The number of ether oxygens (including phenoxy) is 1. The summed E-state index contributed by atoms with van der Waals surface area (Å²) in [4.78, 5) is 10.3. The van der Waals surface area contributed by atoms with Crippen molar-refractivity contribution in [3.05, 3.63) is 83.6 Å². The predicted molar refractivity (Wildman–Crippen MR) is 125 cm³/mol. The Morgan fingerprint density at radius 2 is 1.37 bits per heavy atom. The molecule has 3 atom stereocenters. The maximum atomic E-state index is 10.3. The predicted octanol–water partition coefficient (Wildman–Crippen LogP) is 5.96. The molecule has 162 valence electrons. The fourth-order valence-electron chi connectivity index (χ4n) is 4.45. The highest BCUT2D eigenvalue weighted by atomic mass is 16.6. The van der Waals surface area contributed by atoms with Crippen LogP contribution in [0.25, 0.3) is 0 Å². The highest BCUT2D eigenvalue weighted by Gasteiger charge is 2.74. The lowest BCUT2D eigenvalue weighted by atomic mass is 9.63. The summed E-state index contributed by atoms with van der Waals surface area (Å²) < 4.78 is 6.19. The number of epoxide rings is 1. The van der Waals surface area contributed by atoms with Crippen LogP contribution >= 0.6 is 0 Å². The van der Waals surface area contributed by atoms with Crippen molar-refractivity contribution in [2.45, 2.75) is 71.7 Å². The number of fused-ring (bicyclic) bond motifs is 1. The molecular weight excluding hydrogens is 372 g/mol. The van der Waals surface area contributed by atoms with E-state index in [9.17, 15) is 9.90 Å². The van der Waals surface area contributed by atoms with E-state index in [0.717, 1.165) is 29.4 Å². The van der Waals surface area contributed by atoms with E-state index in [2.05, 4.69) is 58.9 Å². The molecule has 0 bridgehead atoms. The molecule has 0 amide bonds. The summed E-state index contributed by atoms with van der Waals surface area (Å²) in [6.45, 7) is 12.6. The van der Waals surface area contributed by atoms with Gasteiger partial charge < -0.3 is 9.84 Å². The van der Waals surface area contributed by atoms with Gasteiger partial charge in [-0.25, -0.2) is 0 Å². The number of hydrogen-bond donors (Lipinski definition) is 1. The number of carbonyl (C=O) groups excluding carboxylic acids is 1. The normalized spacial score (nSPS) is 32.5. The molecule has 1 heterocycles. The zero-order chi connectivity index (χ0) is 22.4. The maximum absolute atomic E-state index is 10.3. The summed E-state index contributed by atoms with van der Waals surface area (Å²) in [6.07, 6.45) is 23.7. The van der Waals surface area contributed by atoms with Gasteiger partial charge in [0.2, 0.25) is 0 Å². The lowest BCUT2D eigenvalue weighted by Crippen LogP contribution is -2.46. The Balaban J connectivity index is 1.96. The SMILES string of the molecule is CC(/C=C/C=O)=C\C=C\C=C(C)\C=C\C=C(C)\C=C\[C@@]12O[C@@]1(C)C[C@@H](O)CC2(C)C. The maximum Gasteiger partial charge on any atom is 0.142 e. The molecule has 0 aromatic heterocycles. The zero-order valence-electron chi connectivity index (χ0n) is 19.2. The monoisotopic (exact) mass is 408 g/mol. The Morgan fingerprint density at radius 1 is 0.833 bits per heavy atom. The molecule has 30 heavy (non-hydrogen) atoms. The van der Waals surface area contributed by atoms with E-state index in [0.29, 0.717) is 6.42 Å². The summed E-state index contributed by atoms with van der Waals surface area (Å²) in [7, 11) is 0. The summed E-state index contributed by atoms with van der Waals surface area (Å²) in [5.74, 6) is 0. The molecule has 0 radical (unpaired) electrons. The van der Waals surface area contributed by atoms with E-state index >= 15 is 0 Å². The van der Waals surface area contributed by atoms with Crippen molar-refractivity contribution in [1.82, 2.24) is 0 Å². The van der Waals surface area contributed by atoms with Crippen LogP contribution in [0.4, 0.5) is 0 Å². The Bertz CT molecular complexity index is 847. The molecule has 2 fully saturated rings. The van der Waals surface area contributed by atoms with E-state index in [-0.39, 0.29) is 22.7 Å². The number of aliphatic hydroxyl groups excluding tert-OH is 1. The first-order valence-electron chi connectivity index (χ1n) is 10.6. The minimum absolute atomic E-state index is 0.0898. The van der Waals surface area contributed by atoms with Crippen LogP contribution in [-0.2, 0) is 9.53 Å². The van der Waals surface area contributed by atoms with Crippen LogP contribution in [0.1, 0.15) is 54.4 Å². The molecule has 2 rings (SSSR count). The average Bonchev–Trinajstić information content (AvgIpc) is 3.27. The van der Waals surface area contributed by atoms with Gasteiger partial charge in [-0.15, -0.1) is 0 Å². The molecule has 0 spiro atoms. The van der Waals surface area contributed by atoms with E-state index in [4.69, 9.17) is 4.74 Å². The van der Waals surface area contributed by atoms with E-state index < -0.39 is 0 Å². The molecule has 1 saturated heterocycles. The van der Waals surface area contributed by atoms with Gasteiger partial charge in [0.1, 0.15) is 17.5 Å². The van der Waals surface area contributed by atoms with Gasteiger partial charge in [-0.2, -0.15) is 0 Å². The van der Waals surface area contributed by atoms with Gasteiger partial charge >= 0.3 is 0 Å². The smallest absolute Gasteiger partial charge is 0.142 e. The van der Waals surface area contributed by atoms with Gasteiger partial charge in [0.25, 0.3) is 0 Å². The highest BCUT2D eigenvalue weighted by Crippen LogP contribution is 2.66. The molecular formula is C27H36O3. The standard InChI is InChI=1S/C27H36O3/c1-21(11-7-8-12-22(2)15-10-18-28)13-9-14-23(3)16-17-27-25(4,5)19-24(29)20-26(27,6)30-27/h7-18,24,29H,19-20H2,1-6H3/b8-7+,13-9+,15-10+,17-16+,21-11+,22-12+,23-14+/t24-,26-,27-/m0/s1. The molecule has 1 aliphatic heterocycles. The second-order valence-corrected chi connectivity index (χ2v) is 9.32. The Kier molecular flexibility index (Phi) is 7.79. The lowest BCUT2D eigenvalue weighted by molar-refractivity contribution is -0.104. The molecule has 1 aliphatic carbocycles. The minimum atomic E-state index is -0.287. The number of allylic oxidation sites excluding steroid dienone is 13. The van der Waals surface area contributed by atoms with Crippen LogP contribution in [-0.4, -0.2) is 28.7 Å². The Hall–Kier alpha value is -2.23. The number of aldehydes is 1. The number of carbonyl (C=O) groups is 1. The van der Waals surface area contributed by atoms with E-state index in [1.165, 1.54) is 6.08 Å². The van der Waals surface area contributed by atoms with Gasteiger partial charge in [0.05, 0.1) is 6.10 Å². The molecule has 0 unspecified atom stereocenters. The van der Waals surface area contributed by atoms with Crippen molar-refractivity contribution in [2.75, 3.05) is 0 Å². The largest absolute Gasteiger partial charge is 0.393 e. The molecule has 3 nitrogen and oxygen atoms in total. The van der Waals surface area contributed by atoms with Crippen molar-refractivity contribution in [3.8, 4) is 0 Å². The first-order chi connectivity index (χ1) is 14.1. The quantitative estimate of drug-likeness (QED) is 0.233. The van der Waals surface area contributed by atoms with Crippen molar-refractivity contribution < 1.29 is 14.6 Å². The zero-order valence-corrected chi connectivity index (χ0v) is 19.2. The molecule has 0 aromatic carbocycles. The molecule has 0 aromatic rings. The van der Waals surface area contributed by atoms with Gasteiger partial charge in [-0.1, -0.05) is 85.3 Å². The first-order valence-corrected chi connectivity index (χ1v) is 10.6. The van der Waals surface area contributed by atoms with Crippen molar-refractivity contribution >= 4 is 6.29 Å². The van der Waals surface area contributed by atoms with Crippen LogP contribution in [0.2, 0.25) is 0 Å². The average molecular weight is 409 g/mol. The van der Waals surface area contributed by atoms with Gasteiger partial charge in [0, 0.05) is 11.8 Å². The summed E-state index contributed by atoms with van der Waals surface area (Å²) in [5, 5.41) is 10.2. The van der Waals surface area contributed by atoms with Crippen LogP contribution in [0.15, 0.2) is 83.6 Å². The topological polar surface area (TPSA) is 49.8 Å². The van der Waals surface area contributed by atoms with Crippen molar-refractivity contribution in [2.24, 2.45) is 5.41 Å². The lowest BCUT2D eigenvalue weighted by Gasteiger charge is -2.39. The third-order valence-electron chi connectivity index (χ3n) is 6.07. The van der Waals surface area contributed by atoms with E-state index in [1.54, 1.807) is 6.08 Å². The fraction of sp³-hybridized carbons (Fsp3) is 0.444. The van der Waals surface area contributed by atoms with Crippen LogP contribution in [0.3, 0.4) is 0 Å². The van der Waals surface area contributed by atoms with Crippen LogP contribution in [0.5, 0.6) is 0 Å². The summed E-state index contributed by atoms with van der Waals surface area (Å²) in [5.41, 5.74) is 2.69. The molecule has 2 aliphatic rings. The number of hydrogen-bond acceptors (Lipinski definition) is 3. The van der Waals surface area contributed by atoms with Crippen LogP contribution < -0.4 is 0 Å². The summed E-state index contributed by atoms with van der Waals surface area (Å²) in [6, 6.07) is 0. The summed E-state index contributed by atoms with van der Waals surface area (Å²) >= 11 is 0.